The lowest BCUT2D eigenvalue weighted by Gasteiger charge is -2.13. The summed E-state index contributed by atoms with van der Waals surface area (Å²) in [7, 11) is 0. The molecule has 1 atom stereocenters. The lowest BCUT2D eigenvalue weighted by molar-refractivity contribution is 0.590. The van der Waals surface area contributed by atoms with Gasteiger partial charge in [0.1, 0.15) is 5.82 Å². The highest BCUT2D eigenvalue weighted by molar-refractivity contribution is 5.19. The minimum absolute atomic E-state index is 0.0156. The lowest BCUT2D eigenvalue weighted by atomic mass is 10.1. The zero-order valence-corrected chi connectivity index (χ0v) is 8.33. The first-order valence-corrected chi connectivity index (χ1v) is 4.74. The highest BCUT2D eigenvalue weighted by atomic mass is 19.1. The third kappa shape index (κ3) is 2.92. The number of rotatable bonds is 5. The first-order valence-electron chi connectivity index (χ1n) is 4.74. The van der Waals surface area contributed by atoms with Crippen molar-refractivity contribution in [2.45, 2.75) is 19.4 Å². The van der Waals surface area contributed by atoms with Crippen LogP contribution in [0.25, 0.3) is 0 Å². The van der Waals surface area contributed by atoms with Crippen molar-refractivity contribution in [1.29, 1.82) is 0 Å². The van der Waals surface area contributed by atoms with E-state index < -0.39 is 0 Å². The Morgan fingerprint density at radius 2 is 2.43 bits per heavy atom. The number of pyridine rings is 1. The van der Waals surface area contributed by atoms with Gasteiger partial charge >= 0.3 is 0 Å². The second-order valence-electron chi connectivity index (χ2n) is 3.10. The zero-order chi connectivity index (χ0) is 10.4. The first-order chi connectivity index (χ1) is 6.77. The maximum atomic E-state index is 12.9. The van der Waals surface area contributed by atoms with Crippen LogP contribution in [0.2, 0.25) is 0 Å². The molecule has 3 heteroatoms. The van der Waals surface area contributed by atoms with Crippen LogP contribution < -0.4 is 5.32 Å². The monoisotopic (exact) mass is 194 g/mol. The SMILES string of the molecule is C=CC(NCCC)c1cncc(F)c1. The van der Waals surface area contributed by atoms with Gasteiger partial charge in [0.25, 0.3) is 0 Å². The fourth-order valence-electron chi connectivity index (χ4n) is 1.24. The Morgan fingerprint density at radius 3 is 3.00 bits per heavy atom. The lowest BCUT2D eigenvalue weighted by Crippen LogP contribution is -2.20. The molecule has 0 aromatic carbocycles. The molecule has 0 fully saturated rings. The molecule has 1 aromatic rings. The minimum Gasteiger partial charge on any atom is -0.307 e. The molecule has 1 aromatic heterocycles. The standard InChI is InChI=1S/C11H15FN2/c1-3-5-14-11(4-2)9-6-10(12)8-13-7-9/h4,6-8,11,14H,2-3,5H2,1H3. The number of hydrogen-bond donors (Lipinski definition) is 1. The van der Waals surface area contributed by atoms with Crippen LogP contribution in [0.5, 0.6) is 0 Å². The van der Waals surface area contributed by atoms with E-state index in [1.165, 1.54) is 12.3 Å². The molecular formula is C11H15FN2. The van der Waals surface area contributed by atoms with Gasteiger partial charge in [0.2, 0.25) is 0 Å². The summed E-state index contributed by atoms with van der Waals surface area (Å²) < 4.78 is 12.9. The van der Waals surface area contributed by atoms with Crippen LogP contribution >= 0.6 is 0 Å². The van der Waals surface area contributed by atoms with Crippen molar-refractivity contribution in [3.63, 3.8) is 0 Å². The van der Waals surface area contributed by atoms with E-state index in [1.807, 2.05) is 0 Å². The third-order valence-corrected chi connectivity index (χ3v) is 1.94. The van der Waals surface area contributed by atoms with Crippen molar-refractivity contribution in [2.24, 2.45) is 0 Å². The predicted molar refractivity (Wildman–Crippen MR) is 55.4 cm³/mol. The van der Waals surface area contributed by atoms with Gasteiger partial charge in [0.15, 0.2) is 0 Å². The van der Waals surface area contributed by atoms with Crippen molar-refractivity contribution >= 4 is 0 Å². The van der Waals surface area contributed by atoms with Gasteiger partial charge in [-0.25, -0.2) is 4.39 Å². The van der Waals surface area contributed by atoms with E-state index in [0.717, 1.165) is 18.5 Å². The summed E-state index contributed by atoms with van der Waals surface area (Å²) in [5.41, 5.74) is 0.813. The fraction of sp³-hybridized carbons (Fsp3) is 0.364. The molecule has 2 nitrogen and oxygen atoms in total. The average Bonchev–Trinajstić information content (AvgIpc) is 2.19. The number of aromatic nitrogens is 1. The first kappa shape index (κ1) is 10.9. The fourth-order valence-corrected chi connectivity index (χ4v) is 1.24. The molecule has 0 spiro atoms. The Labute approximate surface area is 83.9 Å². The highest BCUT2D eigenvalue weighted by Crippen LogP contribution is 2.13. The number of nitrogens with one attached hydrogen (secondary N) is 1. The molecule has 14 heavy (non-hydrogen) atoms. The van der Waals surface area contributed by atoms with Gasteiger partial charge < -0.3 is 5.32 Å². The van der Waals surface area contributed by atoms with Crippen LogP contribution in [0, 0.1) is 5.82 Å². The summed E-state index contributed by atoms with van der Waals surface area (Å²) >= 11 is 0. The summed E-state index contributed by atoms with van der Waals surface area (Å²) in [6.45, 7) is 6.67. The molecule has 0 radical (unpaired) electrons. The van der Waals surface area contributed by atoms with Crippen molar-refractivity contribution in [2.75, 3.05) is 6.54 Å². The van der Waals surface area contributed by atoms with E-state index in [9.17, 15) is 4.39 Å². The molecule has 0 saturated heterocycles. The van der Waals surface area contributed by atoms with Gasteiger partial charge in [0, 0.05) is 6.20 Å². The maximum Gasteiger partial charge on any atom is 0.141 e. The molecule has 1 heterocycles. The minimum atomic E-state index is -0.312. The summed E-state index contributed by atoms with van der Waals surface area (Å²) in [6, 6.07) is 1.46. The molecule has 0 saturated carbocycles. The Bertz CT molecular complexity index is 299. The van der Waals surface area contributed by atoms with Crippen molar-refractivity contribution in [1.82, 2.24) is 10.3 Å². The van der Waals surface area contributed by atoms with E-state index in [2.05, 4.69) is 23.8 Å². The quantitative estimate of drug-likeness (QED) is 0.728. The molecule has 0 aliphatic heterocycles. The smallest absolute Gasteiger partial charge is 0.141 e. The van der Waals surface area contributed by atoms with Crippen LogP contribution in [0.4, 0.5) is 4.39 Å². The Morgan fingerprint density at radius 1 is 1.64 bits per heavy atom. The normalized spacial score (nSPS) is 12.4. The number of halogens is 1. The van der Waals surface area contributed by atoms with Gasteiger partial charge in [-0.3, -0.25) is 4.98 Å². The van der Waals surface area contributed by atoms with Gasteiger partial charge in [-0.1, -0.05) is 13.0 Å². The largest absolute Gasteiger partial charge is 0.307 e. The molecule has 0 amide bonds. The molecule has 0 bridgehead atoms. The highest BCUT2D eigenvalue weighted by Gasteiger charge is 2.06. The van der Waals surface area contributed by atoms with Gasteiger partial charge in [-0.15, -0.1) is 6.58 Å². The predicted octanol–water partition coefficient (Wildman–Crippen LogP) is 2.45. The summed E-state index contributed by atoms with van der Waals surface area (Å²) in [5, 5.41) is 3.24. The third-order valence-electron chi connectivity index (χ3n) is 1.94. The van der Waals surface area contributed by atoms with Gasteiger partial charge in [-0.2, -0.15) is 0 Å². The van der Waals surface area contributed by atoms with Crippen LogP contribution in [-0.4, -0.2) is 11.5 Å². The van der Waals surface area contributed by atoms with Crippen LogP contribution in [0.3, 0.4) is 0 Å². The van der Waals surface area contributed by atoms with Crippen LogP contribution in [-0.2, 0) is 0 Å². The number of hydrogen-bond acceptors (Lipinski definition) is 2. The van der Waals surface area contributed by atoms with Gasteiger partial charge in [0.05, 0.1) is 12.2 Å². The Balaban J connectivity index is 2.73. The summed E-state index contributed by atoms with van der Waals surface area (Å²) in [4.78, 5) is 3.80. The van der Waals surface area contributed by atoms with Gasteiger partial charge in [-0.05, 0) is 24.6 Å². The second-order valence-corrected chi connectivity index (χ2v) is 3.10. The molecule has 76 valence electrons. The molecule has 0 aliphatic rings. The molecular weight excluding hydrogens is 179 g/mol. The molecule has 1 unspecified atom stereocenters. The van der Waals surface area contributed by atoms with E-state index in [4.69, 9.17) is 0 Å². The molecule has 1 N–H and O–H groups in total. The maximum absolute atomic E-state index is 12.9. The summed E-state index contributed by atoms with van der Waals surface area (Å²) in [5.74, 6) is -0.312. The van der Waals surface area contributed by atoms with E-state index in [1.54, 1.807) is 12.3 Å². The van der Waals surface area contributed by atoms with E-state index in [-0.39, 0.29) is 11.9 Å². The molecule has 0 aliphatic carbocycles. The zero-order valence-electron chi connectivity index (χ0n) is 8.33. The Hall–Kier alpha value is -1.22. The average molecular weight is 194 g/mol. The second kappa shape index (κ2) is 5.50. The van der Waals surface area contributed by atoms with Crippen molar-refractivity contribution in [3.05, 3.63) is 42.5 Å². The van der Waals surface area contributed by atoms with Crippen LogP contribution in [0.15, 0.2) is 31.1 Å². The Kier molecular flexibility index (Phi) is 4.26. The van der Waals surface area contributed by atoms with E-state index in [0.29, 0.717) is 0 Å². The molecule has 1 rings (SSSR count). The van der Waals surface area contributed by atoms with E-state index >= 15 is 0 Å². The number of nitrogens with zero attached hydrogens (tertiary/aromatic N) is 1. The topological polar surface area (TPSA) is 24.9 Å². The van der Waals surface area contributed by atoms with Crippen molar-refractivity contribution < 1.29 is 4.39 Å². The summed E-state index contributed by atoms with van der Waals surface area (Å²) in [6.07, 6.45) is 5.64. The van der Waals surface area contributed by atoms with Crippen molar-refractivity contribution in [3.8, 4) is 0 Å². The van der Waals surface area contributed by atoms with Crippen LogP contribution in [0.1, 0.15) is 24.9 Å².